The largest absolute Gasteiger partial charge is 0.426 e. The number of aryl methyl sites for hydroxylation is 1. The fraction of sp³-hybridized carbons (Fsp3) is 0.278. The minimum absolute atomic E-state index is 0.00410. The van der Waals surface area contributed by atoms with Gasteiger partial charge in [-0.2, -0.15) is 0 Å². The van der Waals surface area contributed by atoms with Crippen LogP contribution in [0.15, 0.2) is 53.4 Å². The molecule has 0 aliphatic carbocycles. The second kappa shape index (κ2) is 9.08. The summed E-state index contributed by atoms with van der Waals surface area (Å²) in [6.07, 6.45) is 3.28. The zero-order valence-electron chi connectivity index (χ0n) is 13.4. The summed E-state index contributed by atoms with van der Waals surface area (Å²) in [4.78, 5) is 22.8. The van der Waals surface area contributed by atoms with Crippen molar-refractivity contribution in [3.8, 4) is 5.75 Å². The van der Waals surface area contributed by atoms with Crippen LogP contribution in [0.5, 0.6) is 5.75 Å². The van der Waals surface area contributed by atoms with Crippen LogP contribution in [0.3, 0.4) is 0 Å². The molecule has 2 rings (SSSR count). The molecule has 0 aliphatic rings. The Balaban J connectivity index is 1.88. The topological polar surface area (TPSA) is 69.4 Å². The van der Waals surface area contributed by atoms with Gasteiger partial charge in [-0.3, -0.25) is 14.9 Å². The number of hydrogen-bond acceptors (Lipinski definition) is 5. The van der Waals surface area contributed by atoms with E-state index in [4.69, 9.17) is 4.74 Å². The number of esters is 1. The third kappa shape index (κ3) is 5.38. The number of nitrogens with zero attached hydrogens (tertiary/aromatic N) is 1. The summed E-state index contributed by atoms with van der Waals surface area (Å²) in [7, 11) is 0. The van der Waals surface area contributed by atoms with Crippen molar-refractivity contribution in [2.75, 3.05) is 5.75 Å². The summed E-state index contributed by atoms with van der Waals surface area (Å²) >= 11 is 1.10. The Bertz CT molecular complexity index is 700. The van der Waals surface area contributed by atoms with Crippen LogP contribution in [0, 0.1) is 10.1 Å². The summed E-state index contributed by atoms with van der Waals surface area (Å²) in [5.41, 5.74) is 1.21. The van der Waals surface area contributed by atoms with Crippen LogP contribution in [0.4, 0.5) is 5.69 Å². The van der Waals surface area contributed by atoms with E-state index in [1.54, 1.807) is 30.3 Å². The minimum atomic E-state index is -0.456. The highest BCUT2D eigenvalue weighted by atomic mass is 32.2. The molecule has 0 N–H and O–H groups in total. The molecule has 0 aliphatic heterocycles. The van der Waals surface area contributed by atoms with Gasteiger partial charge in [0.15, 0.2) is 0 Å². The molecule has 0 aromatic heterocycles. The van der Waals surface area contributed by atoms with Crippen molar-refractivity contribution in [2.24, 2.45) is 0 Å². The number of nitro groups is 1. The Morgan fingerprint density at radius 2 is 1.88 bits per heavy atom. The maximum Gasteiger partial charge on any atom is 0.321 e. The lowest BCUT2D eigenvalue weighted by atomic mass is 10.1. The highest BCUT2D eigenvalue weighted by molar-refractivity contribution is 8.00. The van der Waals surface area contributed by atoms with E-state index in [9.17, 15) is 14.9 Å². The molecule has 2 aromatic carbocycles. The maximum absolute atomic E-state index is 11.9. The van der Waals surface area contributed by atoms with Crippen LogP contribution in [-0.2, 0) is 11.2 Å². The highest BCUT2D eigenvalue weighted by Crippen LogP contribution is 2.28. The van der Waals surface area contributed by atoms with Gasteiger partial charge < -0.3 is 4.74 Å². The van der Waals surface area contributed by atoms with Crippen molar-refractivity contribution in [1.29, 1.82) is 0 Å². The maximum atomic E-state index is 11.9. The SMILES string of the molecule is CCCCc1ccc(OC(=O)CSc2ccccc2[N+](=O)[O-])cc1. The quantitative estimate of drug-likeness (QED) is 0.229. The number of unbranched alkanes of at least 4 members (excludes halogenated alkanes) is 1. The Hall–Kier alpha value is -2.34. The number of thioether (sulfide) groups is 1. The average Bonchev–Trinajstić information content (AvgIpc) is 2.59. The molecule has 0 fully saturated rings. The summed E-state index contributed by atoms with van der Waals surface area (Å²) in [6.45, 7) is 2.14. The summed E-state index contributed by atoms with van der Waals surface area (Å²) < 4.78 is 5.27. The van der Waals surface area contributed by atoms with E-state index in [-0.39, 0.29) is 11.4 Å². The smallest absolute Gasteiger partial charge is 0.321 e. The molecule has 6 heteroatoms. The van der Waals surface area contributed by atoms with E-state index in [2.05, 4.69) is 6.92 Å². The van der Waals surface area contributed by atoms with Gasteiger partial charge in [-0.25, -0.2) is 0 Å². The molecule has 0 bridgehead atoms. The molecule has 0 atom stereocenters. The molecular formula is C18H19NO4S. The normalized spacial score (nSPS) is 10.4. The van der Waals surface area contributed by atoms with Gasteiger partial charge in [0.2, 0.25) is 0 Å². The Morgan fingerprint density at radius 3 is 2.54 bits per heavy atom. The van der Waals surface area contributed by atoms with Crippen LogP contribution in [0.25, 0.3) is 0 Å². The lowest BCUT2D eigenvalue weighted by molar-refractivity contribution is -0.387. The van der Waals surface area contributed by atoms with Crippen LogP contribution in [0.2, 0.25) is 0 Å². The Kier molecular flexibility index (Phi) is 6.81. The summed E-state index contributed by atoms with van der Waals surface area (Å²) in [5, 5.41) is 10.9. The summed E-state index contributed by atoms with van der Waals surface area (Å²) in [5.74, 6) is 0.0745. The molecular weight excluding hydrogens is 326 g/mol. The third-order valence-electron chi connectivity index (χ3n) is 3.38. The first-order valence-corrected chi connectivity index (χ1v) is 8.74. The number of ether oxygens (including phenoxy) is 1. The van der Waals surface area contributed by atoms with Gasteiger partial charge in [0, 0.05) is 6.07 Å². The Morgan fingerprint density at radius 1 is 1.17 bits per heavy atom. The van der Waals surface area contributed by atoms with Gasteiger partial charge in [-0.05, 0) is 36.6 Å². The molecule has 5 nitrogen and oxygen atoms in total. The first kappa shape index (κ1) is 18.0. The number of rotatable bonds is 8. The van der Waals surface area contributed by atoms with E-state index in [1.165, 1.54) is 11.6 Å². The van der Waals surface area contributed by atoms with E-state index < -0.39 is 10.9 Å². The van der Waals surface area contributed by atoms with Crippen molar-refractivity contribution < 1.29 is 14.5 Å². The fourth-order valence-corrected chi connectivity index (χ4v) is 2.93. The second-order valence-corrected chi connectivity index (χ2v) is 6.25. The number of benzene rings is 2. The lowest BCUT2D eigenvalue weighted by Crippen LogP contribution is -2.10. The van der Waals surface area contributed by atoms with Crippen LogP contribution < -0.4 is 4.74 Å². The molecule has 0 heterocycles. The van der Waals surface area contributed by atoms with Crippen LogP contribution in [-0.4, -0.2) is 16.6 Å². The zero-order chi connectivity index (χ0) is 17.4. The van der Waals surface area contributed by atoms with E-state index in [0.29, 0.717) is 10.6 Å². The van der Waals surface area contributed by atoms with Crippen molar-refractivity contribution in [3.63, 3.8) is 0 Å². The standard InChI is InChI=1S/C18H19NO4S/c1-2-3-6-14-9-11-15(12-10-14)23-18(20)13-24-17-8-5-4-7-16(17)19(21)22/h4-5,7-12H,2-3,6,13H2,1H3. The summed E-state index contributed by atoms with van der Waals surface area (Å²) in [6, 6.07) is 13.8. The lowest BCUT2D eigenvalue weighted by Gasteiger charge is -2.06. The molecule has 0 radical (unpaired) electrons. The predicted molar refractivity (Wildman–Crippen MR) is 94.5 cm³/mol. The molecule has 0 unspecified atom stereocenters. The first-order valence-electron chi connectivity index (χ1n) is 7.76. The Labute approximate surface area is 145 Å². The van der Waals surface area contributed by atoms with Gasteiger partial charge in [-0.1, -0.05) is 37.6 Å². The average molecular weight is 345 g/mol. The highest BCUT2D eigenvalue weighted by Gasteiger charge is 2.15. The number of carbonyl (C=O) groups excluding carboxylic acids is 1. The van der Waals surface area contributed by atoms with Gasteiger partial charge in [0.05, 0.1) is 15.6 Å². The van der Waals surface area contributed by atoms with Crippen molar-refractivity contribution in [1.82, 2.24) is 0 Å². The van der Waals surface area contributed by atoms with E-state index in [0.717, 1.165) is 31.0 Å². The molecule has 0 spiro atoms. The molecule has 2 aromatic rings. The predicted octanol–water partition coefficient (Wildman–Crippen LogP) is 4.64. The van der Waals surface area contributed by atoms with Crippen molar-refractivity contribution in [2.45, 2.75) is 31.1 Å². The van der Waals surface area contributed by atoms with Gasteiger partial charge >= 0.3 is 5.97 Å². The van der Waals surface area contributed by atoms with Gasteiger partial charge in [-0.15, -0.1) is 11.8 Å². The molecule has 126 valence electrons. The van der Waals surface area contributed by atoms with E-state index in [1.807, 2.05) is 12.1 Å². The minimum Gasteiger partial charge on any atom is -0.426 e. The zero-order valence-corrected chi connectivity index (χ0v) is 14.3. The number of hydrogen-bond donors (Lipinski definition) is 0. The van der Waals surface area contributed by atoms with Crippen molar-refractivity contribution >= 4 is 23.4 Å². The molecule has 24 heavy (non-hydrogen) atoms. The number of nitro benzene ring substituents is 1. The first-order chi connectivity index (χ1) is 11.6. The van der Waals surface area contributed by atoms with Crippen LogP contribution >= 0.6 is 11.8 Å². The fourth-order valence-electron chi connectivity index (χ4n) is 2.13. The molecule has 0 saturated heterocycles. The number of carbonyl (C=O) groups is 1. The molecule has 0 saturated carbocycles. The monoisotopic (exact) mass is 345 g/mol. The van der Waals surface area contributed by atoms with E-state index >= 15 is 0 Å². The van der Waals surface area contributed by atoms with Gasteiger partial charge in [0.1, 0.15) is 5.75 Å². The van der Waals surface area contributed by atoms with Gasteiger partial charge in [0.25, 0.3) is 5.69 Å². The third-order valence-corrected chi connectivity index (χ3v) is 4.42. The molecule has 0 amide bonds. The van der Waals surface area contributed by atoms with Crippen molar-refractivity contribution in [3.05, 3.63) is 64.2 Å². The van der Waals surface area contributed by atoms with Crippen LogP contribution in [0.1, 0.15) is 25.3 Å². The number of para-hydroxylation sites is 1. The second-order valence-electron chi connectivity index (χ2n) is 5.24.